The van der Waals surface area contributed by atoms with E-state index in [9.17, 15) is 0 Å². The van der Waals surface area contributed by atoms with Gasteiger partial charge in [0, 0.05) is 17.6 Å². The number of nitrogens with zero attached hydrogens (tertiary/aromatic N) is 3. The van der Waals surface area contributed by atoms with E-state index in [2.05, 4.69) is 43.0 Å². The third kappa shape index (κ3) is 3.18. The van der Waals surface area contributed by atoms with Gasteiger partial charge in [0.05, 0.1) is 10.2 Å². The van der Waals surface area contributed by atoms with Crippen LogP contribution in [0.3, 0.4) is 0 Å². The molecule has 26 heavy (non-hydrogen) atoms. The van der Waals surface area contributed by atoms with E-state index in [1.54, 1.807) is 17.7 Å². The van der Waals surface area contributed by atoms with E-state index in [1.165, 1.54) is 41.5 Å². The van der Waals surface area contributed by atoms with Gasteiger partial charge >= 0.3 is 0 Å². The largest absolute Gasteiger partial charge is 0.369 e. The Morgan fingerprint density at radius 3 is 2.54 bits per heavy atom. The predicted molar refractivity (Wildman–Crippen MR) is 111 cm³/mol. The molecular weight excluding hydrogens is 340 g/mol. The summed E-state index contributed by atoms with van der Waals surface area (Å²) in [5, 5.41) is 4.80. The number of rotatable bonds is 5. The lowest BCUT2D eigenvalue weighted by Gasteiger charge is -2.20. The van der Waals surface area contributed by atoms with Gasteiger partial charge in [-0.2, -0.15) is 0 Å². The fourth-order valence-electron chi connectivity index (χ4n) is 3.92. The third-order valence-electron chi connectivity index (χ3n) is 5.09. The Hall–Kier alpha value is -1.75. The van der Waals surface area contributed by atoms with Gasteiger partial charge < -0.3 is 5.32 Å². The van der Waals surface area contributed by atoms with E-state index >= 15 is 0 Å². The highest BCUT2D eigenvalue weighted by Gasteiger charge is 2.23. The first-order chi connectivity index (χ1) is 12.5. The monoisotopic (exact) mass is 368 g/mol. The highest BCUT2D eigenvalue weighted by atomic mass is 32.1. The third-order valence-corrected chi connectivity index (χ3v) is 6.17. The number of hydrogen-bond acceptors (Lipinski definition) is 5. The number of pyridine rings is 1. The molecule has 0 bridgehead atoms. The fourth-order valence-corrected chi connectivity index (χ4v) is 5.06. The van der Waals surface area contributed by atoms with Gasteiger partial charge in [0.2, 0.25) is 0 Å². The fraction of sp³-hybridized carbons (Fsp3) is 0.571. The topological polar surface area (TPSA) is 50.7 Å². The minimum atomic E-state index is 0.581. The number of aromatic nitrogens is 3. The summed E-state index contributed by atoms with van der Waals surface area (Å²) < 4.78 is 1.16. The van der Waals surface area contributed by atoms with Crippen molar-refractivity contribution in [2.24, 2.45) is 11.8 Å². The van der Waals surface area contributed by atoms with Crippen LogP contribution in [0.25, 0.3) is 20.4 Å². The highest BCUT2D eigenvalue weighted by Crippen LogP contribution is 2.41. The van der Waals surface area contributed by atoms with Crippen LogP contribution in [0.4, 0.5) is 5.82 Å². The zero-order chi connectivity index (χ0) is 18.3. The van der Waals surface area contributed by atoms with Crippen molar-refractivity contribution in [1.82, 2.24) is 15.0 Å². The number of fused-ring (bicyclic) bond motifs is 5. The highest BCUT2D eigenvalue weighted by molar-refractivity contribution is 7.26. The molecule has 0 saturated heterocycles. The van der Waals surface area contributed by atoms with Gasteiger partial charge in [-0.25, -0.2) is 15.0 Å². The summed E-state index contributed by atoms with van der Waals surface area (Å²) in [5.74, 6) is 2.17. The van der Waals surface area contributed by atoms with Gasteiger partial charge in [0.25, 0.3) is 0 Å². The molecule has 5 heteroatoms. The Kier molecular flexibility index (Phi) is 4.82. The van der Waals surface area contributed by atoms with E-state index in [0.29, 0.717) is 11.8 Å². The lowest BCUT2D eigenvalue weighted by molar-refractivity contribution is 0.615. The molecule has 0 atom stereocenters. The van der Waals surface area contributed by atoms with Gasteiger partial charge in [-0.3, -0.25) is 0 Å². The number of thiophene rings is 1. The average Bonchev–Trinajstić information content (AvgIpc) is 2.98. The molecule has 0 spiro atoms. The van der Waals surface area contributed by atoms with Crippen LogP contribution in [0.2, 0.25) is 0 Å². The average molecular weight is 369 g/mol. The summed E-state index contributed by atoms with van der Waals surface area (Å²) in [6.07, 6.45) is 7.65. The van der Waals surface area contributed by atoms with Crippen molar-refractivity contribution in [1.29, 1.82) is 0 Å². The molecule has 3 aromatic rings. The summed E-state index contributed by atoms with van der Waals surface area (Å²) in [4.78, 5) is 15.5. The first-order valence-corrected chi connectivity index (χ1v) is 10.7. The number of aryl methyl sites for hydroxylation is 1. The summed E-state index contributed by atoms with van der Waals surface area (Å²) in [7, 11) is 0. The van der Waals surface area contributed by atoms with E-state index in [1.807, 2.05) is 0 Å². The second kappa shape index (κ2) is 7.10. The number of hydrogen-bond donors (Lipinski definition) is 1. The van der Waals surface area contributed by atoms with E-state index in [4.69, 9.17) is 4.98 Å². The molecule has 4 nitrogen and oxygen atoms in total. The maximum atomic E-state index is 5.13. The summed E-state index contributed by atoms with van der Waals surface area (Å²) in [5.41, 5.74) is 5.43. The molecule has 0 fully saturated rings. The SMILES string of the molecule is CC(C)CNc1ncnc2c1sc1nc(CC(C)C)c3c(c12)CCCC3. The predicted octanol–water partition coefficient (Wildman–Crippen LogP) is 5.38. The van der Waals surface area contributed by atoms with Crippen molar-refractivity contribution in [2.75, 3.05) is 11.9 Å². The molecule has 0 aromatic carbocycles. The zero-order valence-electron chi connectivity index (χ0n) is 16.2. The maximum absolute atomic E-state index is 5.13. The van der Waals surface area contributed by atoms with Crippen molar-refractivity contribution >= 4 is 37.6 Å². The van der Waals surface area contributed by atoms with Crippen molar-refractivity contribution < 1.29 is 0 Å². The molecule has 1 N–H and O–H groups in total. The van der Waals surface area contributed by atoms with Crippen LogP contribution in [0.15, 0.2) is 6.33 Å². The van der Waals surface area contributed by atoms with Gasteiger partial charge in [-0.15, -0.1) is 11.3 Å². The van der Waals surface area contributed by atoms with Crippen LogP contribution in [0.1, 0.15) is 57.4 Å². The lowest BCUT2D eigenvalue weighted by atomic mass is 9.87. The molecule has 0 unspecified atom stereocenters. The van der Waals surface area contributed by atoms with Gasteiger partial charge in [0.15, 0.2) is 0 Å². The van der Waals surface area contributed by atoms with Crippen LogP contribution >= 0.6 is 11.3 Å². The smallest absolute Gasteiger partial charge is 0.147 e. The second-order valence-corrected chi connectivity index (χ2v) is 9.28. The quantitative estimate of drug-likeness (QED) is 0.656. The standard InChI is InChI=1S/C21H28N4S/c1-12(2)9-16-14-7-5-6-8-15(14)17-18-19(26-21(17)25-16)20(24-11-23-18)22-10-13(3)4/h11-13H,5-10H2,1-4H3,(H,22,23,24). The molecule has 0 radical (unpaired) electrons. The molecule has 1 aliphatic rings. The second-order valence-electron chi connectivity index (χ2n) is 8.28. The van der Waals surface area contributed by atoms with Crippen LogP contribution in [0, 0.1) is 11.8 Å². The zero-order valence-corrected chi connectivity index (χ0v) is 17.0. The molecule has 1 aliphatic carbocycles. The molecule has 0 amide bonds. The molecular formula is C21H28N4S. The molecule has 0 saturated carbocycles. The van der Waals surface area contributed by atoms with Crippen LogP contribution in [0.5, 0.6) is 0 Å². The Bertz CT molecular complexity index is 942. The minimum absolute atomic E-state index is 0.581. The van der Waals surface area contributed by atoms with Crippen molar-refractivity contribution in [2.45, 2.75) is 59.8 Å². The van der Waals surface area contributed by atoms with Gasteiger partial charge in [-0.05, 0) is 55.1 Å². The van der Waals surface area contributed by atoms with Gasteiger partial charge in [-0.1, -0.05) is 27.7 Å². The maximum Gasteiger partial charge on any atom is 0.147 e. The van der Waals surface area contributed by atoms with E-state index in [0.717, 1.165) is 40.3 Å². The first kappa shape index (κ1) is 17.7. The minimum Gasteiger partial charge on any atom is -0.369 e. The van der Waals surface area contributed by atoms with Crippen LogP contribution in [-0.4, -0.2) is 21.5 Å². The molecule has 3 heterocycles. The Labute approximate surface area is 159 Å². The Balaban J connectivity index is 1.93. The van der Waals surface area contributed by atoms with E-state index < -0.39 is 0 Å². The molecule has 138 valence electrons. The Morgan fingerprint density at radius 2 is 1.81 bits per heavy atom. The normalized spacial score (nSPS) is 14.5. The lowest BCUT2D eigenvalue weighted by Crippen LogP contribution is -2.11. The van der Waals surface area contributed by atoms with Crippen molar-refractivity contribution in [3.63, 3.8) is 0 Å². The Morgan fingerprint density at radius 1 is 1.04 bits per heavy atom. The summed E-state index contributed by atoms with van der Waals surface area (Å²) >= 11 is 1.76. The first-order valence-electron chi connectivity index (χ1n) is 9.86. The van der Waals surface area contributed by atoms with Gasteiger partial charge in [0.1, 0.15) is 17.0 Å². The summed E-state index contributed by atoms with van der Waals surface area (Å²) in [6.45, 7) is 9.92. The molecule has 0 aliphatic heterocycles. The number of anilines is 1. The van der Waals surface area contributed by atoms with Crippen molar-refractivity contribution in [3.05, 3.63) is 23.1 Å². The van der Waals surface area contributed by atoms with E-state index in [-0.39, 0.29) is 0 Å². The molecule has 3 aromatic heterocycles. The molecule has 4 rings (SSSR count). The summed E-state index contributed by atoms with van der Waals surface area (Å²) in [6, 6.07) is 0. The van der Waals surface area contributed by atoms with Crippen LogP contribution in [-0.2, 0) is 19.3 Å². The van der Waals surface area contributed by atoms with Crippen LogP contribution < -0.4 is 5.32 Å². The number of nitrogens with one attached hydrogen (secondary N) is 1. The van der Waals surface area contributed by atoms with Crippen molar-refractivity contribution in [3.8, 4) is 0 Å².